The van der Waals surface area contributed by atoms with E-state index in [4.69, 9.17) is 15.6 Å². The summed E-state index contributed by atoms with van der Waals surface area (Å²) in [6.07, 6.45) is 1.24. The second kappa shape index (κ2) is 8.98. The number of carbonyl (C=O) groups excluding carboxylic acids is 1. The van der Waals surface area contributed by atoms with Crippen molar-refractivity contribution < 1.29 is 9.90 Å². The summed E-state index contributed by atoms with van der Waals surface area (Å²) in [5, 5.41) is 25.4. The lowest BCUT2D eigenvalue weighted by Gasteiger charge is -2.19. The molecule has 15 heavy (non-hydrogen) atoms. The Morgan fingerprint density at radius 3 is 2.13 bits per heavy atom. The third-order valence-electron chi connectivity index (χ3n) is 1.89. The van der Waals surface area contributed by atoms with E-state index in [0.717, 1.165) is 0 Å². The van der Waals surface area contributed by atoms with E-state index in [9.17, 15) is 4.79 Å². The van der Waals surface area contributed by atoms with Crippen LogP contribution in [0.5, 0.6) is 0 Å². The number of carbonyl (C=O) groups is 1. The van der Waals surface area contributed by atoms with Crippen molar-refractivity contribution in [2.24, 2.45) is 0 Å². The predicted molar refractivity (Wildman–Crippen MR) is 53.4 cm³/mol. The van der Waals surface area contributed by atoms with Gasteiger partial charge in [0, 0.05) is 26.1 Å². The highest BCUT2D eigenvalue weighted by Crippen LogP contribution is 2.00. The number of hydrogen-bond acceptors (Lipinski definition) is 4. The summed E-state index contributed by atoms with van der Waals surface area (Å²) in [6, 6.07) is 3.92. The Bertz CT molecular complexity index is 247. The van der Waals surface area contributed by atoms with Crippen molar-refractivity contribution in [3.05, 3.63) is 0 Å². The molecule has 0 rings (SSSR count). The van der Waals surface area contributed by atoms with Gasteiger partial charge in [0.25, 0.3) is 0 Å². The molecule has 5 nitrogen and oxygen atoms in total. The second-order valence-electron chi connectivity index (χ2n) is 3.02. The Kier molecular flexibility index (Phi) is 8.03. The van der Waals surface area contributed by atoms with Crippen LogP contribution >= 0.6 is 0 Å². The molecule has 0 fully saturated rings. The van der Waals surface area contributed by atoms with Crippen molar-refractivity contribution in [3.8, 4) is 12.1 Å². The van der Waals surface area contributed by atoms with Gasteiger partial charge >= 0.3 is 0 Å². The van der Waals surface area contributed by atoms with Crippen molar-refractivity contribution in [3.63, 3.8) is 0 Å². The van der Waals surface area contributed by atoms with Gasteiger partial charge in [0.1, 0.15) is 0 Å². The second-order valence-corrected chi connectivity index (χ2v) is 3.02. The summed E-state index contributed by atoms with van der Waals surface area (Å²) in [7, 11) is 0. The Morgan fingerprint density at radius 2 is 1.73 bits per heavy atom. The van der Waals surface area contributed by atoms with Crippen molar-refractivity contribution in [2.75, 3.05) is 19.7 Å². The standard InChI is InChI=1S/C10H15N3O2/c11-5-2-7-13(8-3-6-12)10(15)4-1-9-14/h14H,1-4,7-9H2. The molecular weight excluding hydrogens is 194 g/mol. The molecule has 0 atom stereocenters. The van der Waals surface area contributed by atoms with E-state index in [0.29, 0.717) is 19.5 Å². The average molecular weight is 209 g/mol. The molecule has 0 aromatic heterocycles. The fourth-order valence-corrected chi connectivity index (χ4v) is 1.12. The van der Waals surface area contributed by atoms with Gasteiger partial charge in [0.2, 0.25) is 5.91 Å². The van der Waals surface area contributed by atoms with Crippen molar-refractivity contribution in [1.29, 1.82) is 10.5 Å². The molecule has 5 heteroatoms. The Hall–Kier alpha value is -1.59. The minimum Gasteiger partial charge on any atom is -0.396 e. The van der Waals surface area contributed by atoms with E-state index in [1.807, 2.05) is 12.1 Å². The molecule has 0 bridgehead atoms. The lowest BCUT2D eigenvalue weighted by atomic mass is 10.2. The third-order valence-corrected chi connectivity index (χ3v) is 1.89. The monoisotopic (exact) mass is 209 g/mol. The minimum atomic E-state index is -0.102. The van der Waals surface area contributed by atoms with Crippen LogP contribution in [0.25, 0.3) is 0 Å². The fourth-order valence-electron chi connectivity index (χ4n) is 1.12. The first-order valence-electron chi connectivity index (χ1n) is 4.88. The van der Waals surface area contributed by atoms with Crippen molar-refractivity contribution in [1.82, 2.24) is 4.90 Å². The minimum absolute atomic E-state index is 0.0178. The van der Waals surface area contributed by atoms with Gasteiger partial charge in [-0.2, -0.15) is 10.5 Å². The van der Waals surface area contributed by atoms with Gasteiger partial charge in [-0.3, -0.25) is 4.79 Å². The lowest BCUT2D eigenvalue weighted by molar-refractivity contribution is -0.131. The van der Waals surface area contributed by atoms with Crippen LogP contribution in [0.1, 0.15) is 25.7 Å². The smallest absolute Gasteiger partial charge is 0.222 e. The summed E-state index contributed by atoms with van der Waals surface area (Å²) in [4.78, 5) is 13.0. The van der Waals surface area contributed by atoms with Crippen LogP contribution < -0.4 is 0 Å². The highest BCUT2D eigenvalue weighted by molar-refractivity contribution is 5.76. The molecule has 0 aliphatic carbocycles. The van der Waals surface area contributed by atoms with Crippen LogP contribution in [0.3, 0.4) is 0 Å². The lowest BCUT2D eigenvalue weighted by Crippen LogP contribution is -2.32. The molecule has 0 radical (unpaired) electrons. The molecule has 0 aromatic carbocycles. The number of aliphatic hydroxyl groups is 1. The SMILES string of the molecule is N#CCCN(CCC#N)C(=O)CCCO. The first-order chi connectivity index (χ1) is 7.26. The number of rotatable bonds is 7. The van der Waals surface area contributed by atoms with Crippen molar-refractivity contribution in [2.45, 2.75) is 25.7 Å². The zero-order chi connectivity index (χ0) is 11.5. The molecule has 0 aliphatic heterocycles. The van der Waals surface area contributed by atoms with E-state index in [1.165, 1.54) is 4.90 Å². The van der Waals surface area contributed by atoms with E-state index in [1.54, 1.807) is 0 Å². The van der Waals surface area contributed by atoms with Gasteiger partial charge in [0.05, 0.1) is 25.0 Å². The van der Waals surface area contributed by atoms with Crippen LogP contribution in [0, 0.1) is 22.7 Å². The maximum absolute atomic E-state index is 11.5. The van der Waals surface area contributed by atoms with E-state index in [2.05, 4.69) is 0 Å². The van der Waals surface area contributed by atoms with Gasteiger partial charge < -0.3 is 10.0 Å². The Balaban J connectivity index is 4.04. The van der Waals surface area contributed by atoms with Crippen molar-refractivity contribution >= 4 is 5.91 Å². The molecule has 1 amide bonds. The molecule has 0 saturated carbocycles. The van der Waals surface area contributed by atoms with E-state index < -0.39 is 0 Å². The normalized spacial score (nSPS) is 9.00. The quantitative estimate of drug-likeness (QED) is 0.658. The largest absolute Gasteiger partial charge is 0.396 e. The van der Waals surface area contributed by atoms with Gasteiger partial charge in [-0.05, 0) is 6.42 Å². The highest BCUT2D eigenvalue weighted by Gasteiger charge is 2.11. The molecule has 0 aromatic rings. The molecule has 0 unspecified atom stereocenters. The predicted octanol–water partition coefficient (Wildman–Crippen LogP) is 0.415. The van der Waals surface area contributed by atoms with E-state index in [-0.39, 0.29) is 31.8 Å². The Labute approximate surface area is 89.5 Å². The Morgan fingerprint density at radius 1 is 1.20 bits per heavy atom. The van der Waals surface area contributed by atoms with Crippen LogP contribution in [0.4, 0.5) is 0 Å². The van der Waals surface area contributed by atoms with Crippen LogP contribution in [-0.4, -0.2) is 35.6 Å². The maximum atomic E-state index is 11.5. The van der Waals surface area contributed by atoms with Gasteiger partial charge in [-0.15, -0.1) is 0 Å². The third kappa shape index (κ3) is 6.48. The first-order valence-corrected chi connectivity index (χ1v) is 4.88. The molecule has 1 N–H and O–H groups in total. The van der Waals surface area contributed by atoms with Crippen LogP contribution in [0.15, 0.2) is 0 Å². The summed E-state index contributed by atoms with van der Waals surface area (Å²) in [6.45, 7) is 0.709. The number of nitrogens with zero attached hydrogens (tertiary/aromatic N) is 3. The molecule has 0 spiro atoms. The molecule has 0 heterocycles. The summed E-state index contributed by atoms with van der Waals surface area (Å²) < 4.78 is 0. The van der Waals surface area contributed by atoms with E-state index >= 15 is 0 Å². The molecule has 82 valence electrons. The zero-order valence-corrected chi connectivity index (χ0v) is 8.65. The first kappa shape index (κ1) is 13.4. The molecule has 0 aliphatic rings. The van der Waals surface area contributed by atoms with Gasteiger partial charge in [0.15, 0.2) is 0 Å². The number of hydrogen-bond donors (Lipinski definition) is 1. The number of amides is 1. The maximum Gasteiger partial charge on any atom is 0.222 e. The highest BCUT2D eigenvalue weighted by atomic mass is 16.3. The fraction of sp³-hybridized carbons (Fsp3) is 0.700. The average Bonchev–Trinajstić information content (AvgIpc) is 2.26. The number of nitriles is 2. The summed E-state index contributed by atoms with van der Waals surface area (Å²) >= 11 is 0. The van der Waals surface area contributed by atoms with Crippen LogP contribution in [0.2, 0.25) is 0 Å². The van der Waals surface area contributed by atoms with Crippen LogP contribution in [-0.2, 0) is 4.79 Å². The molecule has 0 saturated heterocycles. The zero-order valence-electron chi connectivity index (χ0n) is 8.65. The summed E-state index contributed by atoms with van der Waals surface area (Å²) in [5.74, 6) is -0.102. The van der Waals surface area contributed by atoms with Gasteiger partial charge in [-0.1, -0.05) is 0 Å². The van der Waals surface area contributed by atoms with Gasteiger partial charge in [-0.25, -0.2) is 0 Å². The summed E-state index contributed by atoms with van der Waals surface area (Å²) in [5.41, 5.74) is 0. The topological polar surface area (TPSA) is 88.1 Å². The molecular formula is C10H15N3O2. The number of aliphatic hydroxyl groups excluding tert-OH is 1.